The van der Waals surface area contributed by atoms with E-state index in [2.05, 4.69) is 42.2 Å². The van der Waals surface area contributed by atoms with Crippen LogP contribution in [0.1, 0.15) is 21.5 Å². The molecule has 2 aromatic rings. The zero-order valence-corrected chi connectivity index (χ0v) is 13.1. The lowest BCUT2D eigenvalue weighted by atomic mass is 10.2. The van der Waals surface area contributed by atoms with Gasteiger partial charge in [0, 0.05) is 36.7 Å². The Kier molecular flexibility index (Phi) is 4.25. The zero-order chi connectivity index (χ0) is 14.7. The van der Waals surface area contributed by atoms with Crippen molar-refractivity contribution in [1.29, 1.82) is 0 Å². The largest absolute Gasteiger partial charge is 0.368 e. The first-order valence-corrected chi connectivity index (χ1v) is 8.27. The van der Waals surface area contributed by atoms with Gasteiger partial charge in [-0.25, -0.2) is 0 Å². The molecule has 3 rings (SSSR count). The molecule has 0 spiro atoms. The van der Waals surface area contributed by atoms with E-state index in [0.717, 1.165) is 37.5 Å². The molecule has 0 aliphatic carbocycles. The number of hydrogen-bond acceptors (Lipinski definition) is 3. The van der Waals surface area contributed by atoms with E-state index in [9.17, 15) is 4.79 Å². The number of piperazine rings is 1. The van der Waals surface area contributed by atoms with Gasteiger partial charge in [0.15, 0.2) is 0 Å². The Labute approximate surface area is 129 Å². The molecular weight excluding hydrogens is 280 g/mol. The molecule has 1 amide bonds. The molecule has 1 aliphatic heterocycles. The van der Waals surface area contributed by atoms with Crippen molar-refractivity contribution in [3.05, 3.63) is 52.2 Å². The Morgan fingerprint density at radius 2 is 1.76 bits per heavy atom. The van der Waals surface area contributed by atoms with Crippen molar-refractivity contribution in [2.75, 3.05) is 31.1 Å². The molecule has 1 aromatic heterocycles. The Morgan fingerprint density at radius 1 is 1.05 bits per heavy atom. The number of nitrogens with zero attached hydrogens (tertiary/aromatic N) is 2. The van der Waals surface area contributed by atoms with E-state index >= 15 is 0 Å². The molecule has 1 aromatic carbocycles. The molecule has 4 heteroatoms. The lowest BCUT2D eigenvalue weighted by Gasteiger charge is -2.36. The van der Waals surface area contributed by atoms with Crippen LogP contribution in [-0.4, -0.2) is 37.0 Å². The number of anilines is 1. The highest BCUT2D eigenvalue weighted by atomic mass is 32.1. The number of thiophene rings is 1. The summed E-state index contributed by atoms with van der Waals surface area (Å²) in [7, 11) is 0. The summed E-state index contributed by atoms with van der Waals surface area (Å²) in [6.07, 6.45) is 1.000. The number of carbonyl (C=O) groups is 1. The fourth-order valence-corrected chi connectivity index (χ4v) is 3.56. The average molecular weight is 300 g/mol. The molecule has 0 radical (unpaired) electrons. The topological polar surface area (TPSA) is 23.6 Å². The van der Waals surface area contributed by atoms with E-state index in [1.165, 1.54) is 10.6 Å². The summed E-state index contributed by atoms with van der Waals surface area (Å²) in [4.78, 5) is 19.0. The Bertz CT molecular complexity index is 600. The van der Waals surface area contributed by atoms with Crippen LogP contribution in [0.15, 0.2) is 42.5 Å². The van der Waals surface area contributed by atoms with E-state index < -0.39 is 0 Å². The van der Waals surface area contributed by atoms with Gasteiger partial charge in [-0.3, -0.25) is 4.79 Å². The smallest absolute Gasteiger partial charge is 0.264 e. The molecule has 1 aliphatic rings. The standard InChI is InChI=1S/C17H20N2OS/c1-2-15-8-9-16(21-15)17(20)19-12-10-18(11-13-19)14-6-4-3-5-7-14/h3-9H,2,10-13H2,1H3. The van der Waals surface area contributed by atoms with Gasteiger partial charge >= 0.3 is 0 Å². The number of amides is 1. The van der Waals surface area contributed by atoms with Crippen LogP contribution in [-0.2, 0) is 6.42 Å². The fourth-order valence-electron chi connectivity index (χ4n) is 2.65. The van der Waals surface area contributed by atoms with Crippen LogP contribution in [0.4, 0.5) is 5.69 Å². The summed E-state index contributed by atoms with van der Waals surface area (Å²) in [6, 6.07) is 14.4. The molecule has 0 atom stereocenters. The average Bonchev–Trinajstić information content (AvgIpc) is 3.04. The lowest BCUT2D eigenvalue weighted by Crippen LogP contribution is -2.48. The van der Waals surface area contributed by atoms with Crippen LogP contribution in [0, 0.1) is 0 Å². The van der Waals surface area contributed by atoms with Crippen LogP contribution in [0.3, 0.4) is 0 Å². The molecule has 1 fully saturated rings. The van der Waals surface area contributed by atoms with Crippen molar-refractivity contribution < 1.29 is 4.79 Å². The van der Waals surface area contributed by atoms with E-state index in [-0.39, 0.29) is 5.91 Å². The zero-order valence-electron chi connectivity index (χ0n) is 12.3. The first kappa shape index (κ1) is 14.1. The van der Waals surface area contributed by atoms with E-state index in [1.807, 2.05) is 17.0 Å². The van der Waals surface area contributed by atoms with Gasteiger partial charge in [-0.05, 0) is 30.7 Å². The third kappa shape index (κ3) is 3.10. The van der Waals surface area contributed by atoms with Crippen molar-refractivity contribution in [2.45, 2.75) is 13.3 Å². The number of hydrogen-bond donors (Lipinski definition) is 0. The summed E-state index contributed by atoms with van der Waals surface area (Å²) in [5, 5.41) is 0. The van der Waals surface area contributed by atoms with Crippen molar-refractivity contribution in [2.24, 2.45) is 0 Å². The van der Waals surface area contributed by atoms with Crippen LogP contribution in [0.2, 0.25) is 0 Å². The molecule has 0 bridgehead atoms. The summed E-state index contributed by atoms with van der Waals surface area (Å²) in [5.74, 6) is 0.187. The minimum absolute atomic E-state index is 0.187. The monoisotopic (exact) mass is 300 g/mol. The molecule has 3 nitrogen and oxygen atoms in total. The minimum atomic E-state index is 0.187. The number of carbonyl (C=O) groups excluding carboxylic acids is 1. The third-order valence-corrected chi connectivity index (χ3v) is 5.13. The lowest BCUT2D eigenvalue weighted by molar-refractivity contribution is 0.0751. The van der Waals surface area contributed by atoms with Crippen LogP contribution < -0.4 is 4.90 Å². The maximum atomic E-state index is 12.5. The minimum Gasteiger partial charge on any atom is -0.368 e. The molecule has 1 saturated heterocycles. The Balaban J connectivity index is 1.61. The second-order valence-corrected chi connectivity index (χ2v) is 6.40. The van der Waals surface area contributed by atoms with Gasteiger partial charge in [0.25, 0.3) is 5.91 Å². The summed E-state index contributed by atoms with van der Waals surface area (Å²) >= 11 is 1.63. The third-order valence-electron chi connectivity index (χ3n) is 3.91. The predicted octanol–water partition coefficient (Wildman–Crippen LogP) is 3.27. The molecular formula is C17H20N2OS. The van der Waals surface area contributed by atoms with E-state index in [1.54, 1.807) is 11.3 Å². The SMILES string of the molecule is CCc1ccc(C(=O)N2CCN(c3ccccc3)CC2)s1. The molecule has 0 saturated carbocycles. The van der Waals surface area contributed by atoms with Gasteiger partial charge in [-0.1, -0.05) is 25.1 Å². The number of benzene rings is 1. The molecule has 21 heavy (non-hydrogen) atoms. The first-order valence-electron chi connectivity index (χ1n) is 7.46. The normalized spacial score (nSPS) is 15.3. The molecule has 0 unspecified atom stereocenters. The number of para-hydroxylation sites is 1. The summed E-state index contributed by atoms with van der Waals surface area (Å²) in [5.41, 5.74) is 1.24. The summed E-state index contributed by atoms with van der Waals surface area (Å²) < 4.78 is 0. The quantitative estimate of drug-likeness (QED) is 0.868. The molecule has 2 heterocycles. The highest BCUT2D eigenvalue weighted by molar-refractivity contribution is 7.14. The second kappa shape index (κ2) is 6.31. The maximum Gasteiger partial charge on any atom is 0.264 e. The Morgan fingerprint density at radius 3 is 2.38 bits per heavy atom. The number of aryl methyl sites for hydroxylation is 1. The predicted molar refractivity (Wildman–Crippen MR) is 88.3 cm³/mol. The maximum absolute atomic E-state index is 12.5. The van der Waals surface area contributed by atoms with Crippen LogP contribution in [0.25, 0.3) is 0 Å². The van der Waals surface area contributed by atoms with Gasteiger partial charge < -0.3 is 9.80 Å². The van der Waals surface area contributed by atoms with E-state index in [4.69, 9.17) is 0 Å². The highest BCUT2D eigenvalue weighted by Crippen LogP contribution is 2.21. The van der Waals surface area contributed by atoms with Crippen LogP contribution in [0.5, 0.6) is 0 Å². The van der Waals surface area contributed by atoms with Crippen molar-refractivity contribution in [3.8, 4) is 0 Å². The van der Waals surface area contributed by atoms with Gasteiger partial charge in [0.05, 0.1) is 4.88 Å². The van der Waals surface area contributed by atoms with Gasteiger partial charge in [-0.15, -0.1) is 11.3 Å². The van der Waals surface area contributed by atoms with Gasteiger partial charge in [0.2, 0.25) is 0 Å². The van der Waals surface area contributed by atoms with Crippen LogP contribution >= 0.6 is 11.3 Å². The van der Waals surface area contributed by atoms with Crippen molar-refractivity contribution >= 4 is 22.9 Å². The van der Waals surface area contributed by atoms with Crippen molar-refractivity contribution in [3.63, 3.8) is 0 Å². The summed E-state index contributed by atoms with van der Waals surface area (Å²) in [6.45, 7) is 5.53. The Hall–Kier alpha value is -1.81. The molecule has 110 valence electrons. The van der Waals surface area contributed by atoms with Gasteiger partial charge in [-0.2, -0.15) is 0 Å². The highest BCUT2D eigenvalue weighted by Gasteiger charge is 2.23. The van der Waals surface area contributed by atoms with Crippen molar-refractivity contribution in [1.82, 2.24) is 4.90 Å². The first-order chi connectivity index (χ1) is 10.3. The molecule has 0 N–H and O–H groups in total. The van der Waals surface area contributed by atoms with Gasteiger partial charge in [0.1, 0.15) is 0 Å². The fraction of sp³-hybridized carbons (Fsp3) is 0.353. The van der Waals surface area contributed by atoms with E-state index in [0.29, 0.717) is 0 Å². The number of rotatable bonds is 3. The second-order valence-electron chi connectivity index (χ2n) is 5.23.